The number of nitrogens with one attached hydrogen (secondary N) is 2. The maximum absolute atomic E-state index is 12.2. The zero-order chi connectivity index (χ0) is 18.5. The SMILES string of the molecule is O=C(NCc1cccc2ccccc12)NCc1nnnn1C1CCCCC1. The summed E-state index contributed by atoms with van der Waals surface area (Å²) in [5.41, 5.74) is 1.09. The Bertz CT molecular complexity index is 910. The number of carbonyl (C=O) groups is 1. The molecule has 1 aromatic heterocycles. The van der Waals surface area contributed by atoms with E-state index < -0.39 is 0 Å². The molecule has 0 atom stereocenters. The molecule has 4 rings (SSSR count). The fraction of sp³-hybridized carbons (Fsp3) is 0.400. The lowest BCUT2D eigenvalue weighted by Crippen LogP contribution is -2.35. The van der Waals surface area contributed by atoms with Gasteiger partial charge in [0.05, 0.1) is 12.6 Å². The summed E-state index contributed by atoms with van der Waals surface area (Å²) < 4.78 is 1.88. The van der Waals surface area contributed by atoms with Crippen LogP contribution < -0.4 is 10.6 Å². The summed E-state index contributed by atoms with van der Waals surface area (Å²) in [6.45, 7) is 0.797. The number of rotatable bonds is 5. The van der Waals surface area contributed by atoms with Gasteiger partial charge in [-0.05, 0) is 39.6 Å². The highest BCUT2D eigenvalue weighted by Crippen LogP contribution is 2.27. The van der Waals surface area contributed by atoms with Crippen molar-refractivity contribution >= 4 is 16.8 Å². The predicted octanol–water partition coefficient (Wildman–Crippen LogP) is 3.33. The van der Waals surface area contributed by atoms with E-state index in [1.165, 1.54) is 24.6 Å². The summed E-state index contributed by atoms with van der Waals surface area (Å²) >= 11 is 0. The van der Waals surface area contributed by atoms with Crippen molar-refractivity contribution in [3.8, 4) is 0 Å². The molecule has 3 aromatic rings. The molecule has 1 aliphatic rings. The van der Waals surface area contributed by atoms with Crippen LogP contribution in [-0.2, 0) is 13.1 Å². The van der Waals surface area contributed by atoms with E-state index in [9.17, 15) is 4.79 Å². The van der Waals surface area contributed by atoms with Crippen LogP contribution in [0.15, 0.2) is 42.5 Å². The first-order valence-corrected chi connectivity index (χ1v) is 9.56. The van der Waals surface area contributed by atoms with Crippen LogP contribution in [0.4, 0.5) is 4.79 Å². The number of urea groups is 1. The van der Waals surface area contributed by atoms with Crippen molar-refractivity contribution in [1.29, 1.82) is 0 Å². The van der Waals surface area contributed by atoms with E-state index in [2.05, 4.69) is 44.4 Å². The van der Waals surface area contributed by atoms with Crippen molar-refractivity contribution < 1.29 is 4.79 Å². The lowest BCUT2D eigenvalue weighted by molar-refractivity contribution is 0.239. The van der Waals surface area contributed by atoms with Crippen molar-refractivity contribution in [3.63, 3.8) is 0 Å². The topological polar surface area (TPSA) is 84.7 Å². The molecule has 1 saturated carbocycles. The van der Waals surface area contributed by atoms with Crippen molar-refractivity contribution in [2.75, 3.05) is 0 Å². The number of carbonyl (C=O) groups excluding carboxylic acids is 1. The molecule has 27 heavy (non-hydrogen) atoms. The largest absolute Gasteiger partial charge is 0.334 e. The number of fused-ring (bicyclic) bond motifs is 1. The van der Waals surface area contributed by atoms with Crippen LogP contribution in [0.5, 0.6) is 0 Å². The molecule has 140 valence electrons. The van der Waals surface area contributed by atoms with E-state index in [-0.39, 0.29) is 6.03 Å². The second-order valence-corrected chi connectivity index (χ2v) is 7.01. The van der Waals surface area contributed by atoms with E-state index in [0.717, 1.165) is 23.8 Å². The molecular weight excluding hydrogens is 340 g/mol. The molecule has 0 aliphatic heterocycles. The number of hydrogen-bond acceptors (Lipinski definition) is 4. The zero-order valence-electron chi connectivity index (χ0n) is 15.3. The van der Waals surface area contributed by atoms with Gasteiger partial charge in [0.1, 0.15) is 0 Å². The van der Waals surface area contributed by atoms with Gasteiger partial charge in [-0.15, -0.1) is 5.10 Å². The van der Waals surface area contributed by atoms with E-state index in [1.807, 2.05) is 28.9 Å². The first-order chi connectivity index (χ1) is 13.3. The Morgan fingerprint density at radius 1 is 1.00 bits per heavy atom. The quantitative estimate of drug-likeness (QED) is 0.727. The van der Waals surface area contributed by atoms with Gasteiger partial charge >= 0.3 is 6.03 Å². The molecule has 0 radical (unpaired) electrons. The van der Waals surface area contributed by atoms with Gasteiger partial charge in [0, 0.05) is 6.54 Å². The molecular formula is C20H24N6O. The summed E-state index contributed by atoms with van der Waals surface area (Å²) in [4.78, 5) is 12.2. The van der Waals surface area contributed by atoms with E-state index >= 15 is 0 Å². The minimum absolute atomic E-state index is 0.221. The highest BCUT2D eigenvalue weighted by Gasteiger charge is 2.20. The van der Waals surface area contributed by atoms with Crippen molar-refractivity contribution in [2.24, 2.45) is 0 Å². The molecule has 2 N–H and O–H groups in total. The van der Waals surface area contributed by atoms with Gasteiger partial charge in [0.15, 0.2) is 5.82 Å². The van der Waals surface area contributed by atoms with E-state index in [1.54, 1.807) is 0 Å². The van der Waals surface area contributed by atoms with Gasteiger partial charge in [-0.25, -0.2) is 9.48 Å². The first kappa shape index (κ1) is 17.5. The Morgan fingerprint density at radius 2 is 1.78 bits per heavy atom. The molecule has 1 heterocycles. The van der Waals surface area contributed by atoms with E-state index in [0.29, 0.717) is 25.0 Å². The number of tetrazole rings is 1. The van der Waals surface area contributed by atoms with Crippen molar-refractivity contribution in [1.82, 2.24) is 30.8 Å². The summed E-state index contributed by atoms with van der Waals surface area (Å²) in [6.07, 6.45) is 5.91. The second-order valence-electron chi connectivity index (χ2n) is 7.01. The predicted molar refractivity (Wildman–Crippen MR) is 103 cm³/mol. The van der Waals surface area contributed by atoms with Crippen LogP contribution in [-0.4, -0.2) is 26.2 Å². The van der Waals surface area contributed by atoms with Crippen LogP contribution in [0.2, 0.25) is 0 Å². The smallest absolute Gasteiger partial charge is 0.315 e. The average molecular weight is 364 g/mol. The summed E-state index contributed by atoms with van der Waals surface area (Å²) in [5, 5.41) is 20.1. The van der Waals surface area contributed by atoms with Crippen LogP contribution in [0.1, 0.15) is 49.5 Å². The fourth-order valence-electron chi connectivity index (χ4n) is 3.78. The van der Waals surface area contributed by atoms with Crippen LogP contribution in [0, 0.1) is 0 Å². The van der Waals surface area contributed by atoms with Gasteiger partial charge in [-0.2, -0.15) is 0 Å². The highest BCUT2D eigenvalue weighted by atomic mass is 16.2. The Balaban J connectivity index is 1.33. The second kappa shape index (κ2) is 8.16. The summed E-state index contributed by atoms with van der Waals surface area (Å²) in [5.74, 6) is 0.710. The summed E-state index contributed by atoms with van der Waals surface area (Å²) in [6, 6.07) is 14.4. The Kier molecular flexibility index (Phi) is 5.27. The lowest BCUT2D eigenvalue weighted by Gasteiger charge is -2.22. The number of hydrogen-bond donors (Lipinski definition) is 2. The minimum Gasteiger partial charge on any atom is -0.334 e. The molecule has 0 spiro atoms. The Labute approximate surface area is 158 Å². The Morgan fingerprint density at radius 3 is 2.67 bits per heavy atom. The number of aromatic nitrogens is 4. The molecule has 0 saturated heterocycles. The van der Waals surface area contributed by atoms with Gasteiger partial charge in [0.2, 0.25) is 0 Å². The molecule has 1 fully saturated rings. The van der Waals surface area contributed by atoms with Crippen LogP contribution in [0.25, 0.3) is 10.8 Å². The summed E-state index contributed by atoms with van der Waals surface area (Å²) in [7, 11) is 0. The van der Waals surface area contributed by atoms with Gasteiger partial charge in [0.25, 0.3) is 0 Å². The first-order valence-electron chi connectivity index (χ1n) is 9.56. The Hall–Kier alpha value is -2.96. The molecule has 7 nitrogen and oxygen atoms in total. The minimum atomic E-state index is -0.221. The molecule has 2 amide bonds. The van der Waals surface area contributed by atoms with Crippen LogP contribution in [0.3, 0.4) is 0 Å². The molecule has 1 aliphatic carbocycles. The third kappa shape index (κ3) is 4.07. The fourth-order valence-corrected chi connectivity index (χ4v) is 3.78. The maximum Gasteiger partial charge on any atom is 0.315 e. The van der Waals surface area contributed by atoms with Gasteiger partial charge in [-0.1, -0.05) is 61.7 Å². The van der Waals surface area contributed by atoms with E-state index in [4.69, 9.17) is 0 Å². The lowest BCUT2D eigenvalue weighted by atomic mass is 9.96. The maximum atomic E-state index is 12.2. The average Bonchev–Trinajstić information content (AvgIpc) is 3.20. The third-order valence-electron chi connectivity index (χ3n) is 5.21. The number of amides is 2. The van der Waals surface area contributed by atoms with Crippen LogP contribution >= 0.6 is 0 Å². The molecule has 2 aromatic carbocycles. The zero-order valence-corrected chi connectivity index (χ0v) is 15.3. The van der Waals surface area contributed by atoms with Gasteiger partial charge in [-0.3, -0.25) is 0 Å². The monoisotopic (exact) mass is 364 g/mol. The number of nitrogens with zero attached hydrogens (tertiary/aromatic N) is 4. The van der Waals surface area contributed by atoms with Gasteiger partial charge < -0.3 is 10.6 Å². The standard InChI is InChI=1S/C20H24N6O/c27-20(21-13-16-9-6-8-15-7-4-5-12-18(15)16)22-14-19-23-24-25-26(19)17-10-2-1-3-11-17/h4-9,12,17H,1-3,10-11,13-14H2,(H2,21,22,27). The number of benzene rings is 2. The normalized spacial score (nSPS) is 15.0. The van der Waals surface area contributed by atoms with Crippen molar-refractivity contribution in [3.05, 3.63) is 53.9 Å². The molecule has 0 unspecified atom stereocenters. The molecule has 0 bridgehead atoms. The molecule has 7 heteroatoms. The van der Waals surface area contributed by atoms with Crippen molar-refractivity contribution in [2.45, 2.75) is 51.2 Å². The third-order valence-corrected chi connectivity index (χ3v) is 5.21. The highest BCUT2D eigenvalue weighted by molar-refractivity contribution is 5.86.